The lowest BCUT2D eigenvalue weighted by Gasteiger charge is -2.17. The maximum absolute atomic E-state index is 11.9. The lowest BCUT2D eigenvalue weighted by atomic mass is 9.88. The molecule has 1 saturated carbocycles. The topological polar surface area (TPSA) is 44.7 Å². The van der Waals surface area contributed by atoms with E-state index in [2.05, 4.69) is 19.6 Å². The summed E-state index contributed by atoms with van der Waals surface area (Å²) in [5, 5.41) is 0. The number of ketones is 1. The van der Waals surface area contributed by atoms with Gasteiger partial charge in [-0.3, -0.25) is 4.79 Å². The second-order valence-electron chi connectivity index (χ2n) is 4.38. The van der Waals surface area contributed by atoms with E-state index in [4.69, 9.17) is 0 Å². The van der Waals surface area contributed by atoms with Crippen LogP contribution in [-0.2, 0) is 4.79 Å². The fraction of sp³-hybridized carbons (Fsp3) is 0.909. The summed E-state index contributed by atoms with van der Waals surface area (Å²) in [7, 11) is 0. The van der Waals surface area contributed by atoms with Gasteiger partial charge in [0.15, 0.2) is 5.78 Å². The Balaban J connectivity index is 2.45. The van der Waals surface area contributed by atoms with E-state index >= 15 is 0 Å². The lowest BCUT2D eigenvalue weighted by Crippen LogP contribution is -2.68. The van der Waals surface area contributed by atoms with E-state index in [1.807, 2.05) is 0 Å². The molecule has 0 radical (unpaired) electrons. The van der Waals surface area contributed by atoms with Crippen LogP contribution in [0, 0.1) is 11.8 Å². The third kappa shape index (κ3) is 2.53. The second kappa shape index (κ2) is 4.75. The largest absolute Gasteiger partial charge is 0.349 e. The molecule has 2 heteroatoms. The molecule has 0 aromatic carbocycles. The summed E-state index contributed by atoms with van der Waals surface area (Å²) in [6.45, 7) is 4.26. The fourth-order valence-corrected chi connectivity index (χ4v) is 2.08. The Morgan fingerprint density at radius 3 is 2.46 bits per heavy atom. The van der Waals surface area contributed by atoms with Crippen LogP contribution in [0.5, 0.6) is 0 Å². The van der Waals surface area contributed by atoms with Crippen molar-refractivity contribution >= 4 is 5.78 Å². The summed E-state index contributed by atoms with van der Waals surface area (Å²) >= 11 is 0. The molecule has 2 atom stereocenters. The number of hydrogen-bond donors (Lipinski definition) is 1. The standard InChI is InChI=1S/C11H21NO/c1-3-8(2)10(12)11(13)9-6-4-5-7-9/h8-10H,3-7,12H2,1-2H3/p+1. The van der Waals surface area contributed by atoms with Gasteiger partial charge in [-0.15, -0.1) is 0 Å². The van der Waals surface area contributed by atoms with Gasteiger partial charge in [0.25, 0.3) is 0 Å². The van der Waals surface area contributed by atoms with E-state index in [0.29, 0.717) is 17.6 Å². The Hall–Kier alpha value is -0.370. The van der Waals surface area contributed by atoms with E-state index in [0.717, 1.165) is 19.3 Å². The first kappa shape index (κ1) is 10.7. The molecule has 76 valence electrons. The maximum Gasteiger partial charge on any atom is 0.193 e. The van der Waals surface area contributed by atoms with Crippen molar-refractivity contribution in [2.75, 3.05) is 0 Å². The first-order valence-electron chi connectivity index (χ1n) is 5.53. The number of hydrogen-bond acceptors (Lipinski definition) is 1. The summed E-state index contributed by atoms with van der Waals surface area (Å²) in [6, 6.07) is 0.0353. The summed E-state index contributed by atoms with van der Waals surface area (Å²) in [5.41, 5.74) is 4.00. The van der Waals surface area contributed by atoms with E-state index < -0.39 is 0 Å². The van der Waals surface area contributed by atoms with Gasteiger partial charge in [0.05, 0.1) is 0 Å². The molecule has 0 amide bonds. The van der Waals surface area contributed by atoms with Crippen LogP contribution in [0.1, 0.15) is 46.0 Å². The fourth-order valence-electron chi connectivity index (χ4n) is 2.08. The molecule has 0 aromatic heterocycles. The summed E-state index contributed by atoms with van der Waals surface area (Å²) in [4.78, 5) is 11.9. The normalized spacial score (nSPS) is 23.0. The smallest absolute Gasteiger partial charge is 0.193 e. The highest BCUT2D eigenvalue weighted by molar-refractivity contribution is 5.85. The molecule has 1 rings (SSSR count). The van der Waals surface area contributed by atoms with Gasteiger partial charge in [0.1, 0.15) is 6.04 Å². The van der Waals surface area contributed by atoms with Crippen molar-refractivity contribution in [1.82, 2.24) is 0 Å². The predicted octanol–water partition coefficient (Wildman–Crippen LogP) is 1.40. The van der Waals surface area contributed by atoms with Gasteiger partial charge in [0.2, 0.25) is 0 Å². The Morgan fingerprint density at radius 1 is 1.46 bits per heavy atom. The van der Waals surface area contributed by atoms with Crippen LogP contribution in [0.15, 0.2) is 0 Å². The molecular weight excluding hydrogens is 162 g/mol. The minimum absolute atomic E-state index is 0.0353. The molecular formula is C11H22NO+. The molecule has 1 aliphatic carbocycles. The quantitative estimate of drug-likeness (QED) is 0.705. The van der Waals surface area contributed by atoms with E-state index in [-0.39, 0.29) is 6.04 Å². The summed E-state index contributed by atoms with van der Waals surface area (Å²) in [5.74, 6) is 1.22. The highest BCUT2D eigenvalue weighted by Crippen LogP contribution is 2.27. The maximum atomic E-state index is 11.9. The third-order valence-corrected chi connectivity index (χ3v) is 3.45. The molecule has 0 saturated heterocycles. The van der Waals surface area contributed by atoms with Gasteiger partial charge in [-0.2, -0.15) is 0 Å². The molecule has 13 heavy (non-hydrogen) atoms. The van der Waals surface area contributed by atoms with Gasteiger partial charge < -0.3 is 5.73 Å². The van der Waals surface area contributed by atoms with Crippen LogP contribution < -0.4 is 5.73 Å². The third-order valence-electron chi connectivity index (χ3n) is 3.45. The Morgan fingerprint density at radius 2 is 2.00 bits per heavy atom. The Labute approximate surface area is 80.9 Å². The van der Waals surface area contributed by atoms with E-state index in [9.17, 15) is 4.79 Å². The van der Waals surface area contributed by atoms with Crippen LogP contribution in [-0.4, -0.2) is 11.8 Å². The lowest BCUT2D eigenvalue weighted by molar-refractivity contribution is -0.415. The van der Waals surface area contributed by atoms with Crippen LogP contribution in [0.4, 0.5) is 0 Å². The zero-order chi connectivity index (χ0) is 9.84. The first-order chi connectivity index (χ1) is 6.16. The molecule has 0 aromatic rings. The Kier molecular flexibility index (Phi) is 3.91. The van der Waals surface area contributed by atoms with Crippen molar-refractivity contribution in [2.45, 2.75) is 52.0 Å². The molecule has 2 unspecified atom stereocenters. The average molecular weight is 184 g/mol. The number of carbonyl (C=O) groups excluding carboxylic acids is 1. The summed E-state index contributed by atoms with van der Waals surface area (Å²) < 4.78 is 0. The van der Waals surface area contributed by atoms with Crippen LogP contribution in [0.2, 0.25) is 0 Å². The molecule has 0 heterocycles. The minimum Gasteiger partial charge on any atom is -0.349 e. The van der Waals surface area contributed by atoms with Crippen LogP contribution in [0.3, 0.4) is 0 Å². The van der Waals surface area contributed by atoms with Crippen molar-refractivity contribution in [3.63, 3.8) is 0 Å². The molecule has 3 N–H and O–H groups in total. The molecule has 0 spiro atoms. The van der Waals surface area contributed by atoms with Gasteiger partial charge in [-0.05, 0) is 19.3 Å². The van der Waals surface area contributed by atoms with Crippen molar-refractivity contribution in [1.29, 1.82) is 0 Å². The van der Waals surface area contributed by atoms with Gasteiger partial charge >= 0.3 is 0 Å². The molecule has 2 nitrogen and oxygen atoms in total. The predicted molar refractivity (Wildman–Crippen MR) is 53.1 cm³/mol. The SMILES string of the molecule is CCC(C)C([NH3+])C(=O)C1CCCC1. The highest BCUT2D eigenvalue weighted by Gasteiger charge is 2.31. The molecule has 0 bridgehead atoms. The first-order valence-corrected chi connectivity index (χ1v) is 5.53. The zero-order valence-corrected chi connectivity index (χ0v) is 8.88. The van der Waals surface area contributed by atoms with Crippen molar-refractivity contribution in [3.8, 4) is 0 Å². The van der Waals surface area contributed by atoms with E-state index in [1.54, 1.807) is 0 Å². The molecule has 0 aliphatic heterocycles. The molecule has 1 aliphatic rings. The number of quaternary nitrogens is 1. The van der Waals surface area contributed by atoms with Gasteiger partial charge in [-0.25, -0.2) is 0 Å². The van der Waals surface area contributed by atoms with Gasteiger partial charge in [-0.1, -0.05) is 26.7 Å². The number of carbonyl (C=O) groups is 1. The van der Waals surface area contributed by atoms with Crippen LogP contribution >= 0.6 is 0 Å². The van der Waals surface area contributed by atoms with Crippen molar-refractivity contribution in [2.24, 2.45) is 11.8 Å². The monoisotopic (exact) mass is 184 g/mol. The van der Waals surface area contributed by atoms with Gasteiger partial charge in [0, 0.05) is 11.8 Å². The minimum atomic E-state index is 0.0353. The average Bonchev–Trinajstić information content (AvgIpc) is 2.67. The Bertz CT molecular complexity index is 173. The van der Waals surface area contributed by atoms with Crippen molar-refractivity contribution < 1.29 is 10.5 Å². The zero-order valence-electron chi connectivity index (χ0n) is 8.88. The summed E-state index contributed by atoms with van der Waals surface area (Å²) in [6.07, 6.45) is 5.77. The van der Waals surface area contributed by atoms with Crippen LogP contribution in [0.25, 0.3) is 0 Å². The number of Topliss-reactive ketones (excluding diaryl/α,β-unsaturated/α-hetero) is 1. The van der Waals surface area contributed by atoms with Crippen molar-refractivity contribution in [3.05, 3.63) is 0 Å². The second-order valence-corrected chi connectivity index (χ2v) is 4.38. The van der Waals surface area contributed by atoms with E-state index in [1.165, 1.54) is 12.8 Å². The highest BCUT2D eigenvalue weighted by atomic mass is 16.1. The molecule has 1 fully saturated rings. The number of rotatable bonds is 4.